The Hall–Kier alpha value is -3.25. The summed E-state index contributed by atoms with van der Waals surface area (Å²) in [5.74, 6) is 0.992. The normalized spacial score (nSPS) is 15.1. The van der Waals surface area contributed by atoms with Crippen molar-refractivity contribution in [1.29, 1.82) is 0 Å². The Morgan fingerprint density at radius 3 is 2.43 bits per heavy atom. The summed E-state index contributed by atoms with van der Waals surface area (Å²) >= 11 is 3.44. The third-order valence-electron chi connectivity index (χ3n) is 4.30. The van der Waals surface area contributed by atoms with E-state index in [0.29, 0.717) is 17.3 Å². The van der Waals surface area contributed by atoms with Gasteiger partial charge in [0.2, 0.25) is 0 Å². The summed E-state index contributed by atoms with van der Waals surface area (Å²) in [6, 6.07) is 18.7. The Morgan fingerprint density at radius 1 is 1.00 bits per heavy atom. The summed E-state index contributed by atoms with van der Waals surface area (Å²) in [6.45, 7) is 0. The van der Waals surface area contributed by atoms with Crippen molar-refractivity contribution >= 4 is 39.4 Å². The van der Waals surface area contributed by atoms with Crippen molar-refractivity contribution in [2.24, 2.45) is 4.99 Å². The van der Waals surface area contributed by atoms with Gasteiger partial charge in [-0.15, -0.1) is 0 Å². The maximum atomic E-state index is 13.3. The number of benzene rings is 2. The summed E-state index contributed by atoms with van der Waals surface area (Å²) in [5, 5.41) is 0. The van der Waals surface area contributed by atoms with Crippen molar-refractivity contribution in [3.63, 3.8) is 0 Å². The van der Waals surface area contributed by atoms with Crippen molar-refractivity contribution in [2.45, 2.75) is 0 Å². The number of pyridine rings is 1. The molecular weight excluding hydrogens is 418 g/mol. The molecule has 4 rings (SSSR count). The number of amides is 1. The molecular formula is C22H16BrN3O2. The van der Waals surface area contributed by atoms with E-state index in [2.05, 4.69) is 25.9 Å². The summed E-state index contributed by atoms with van der Waals surface area (Å²) in [4.78, 5) is 23.5. The molecule has 0 unspecified atom stereocenters. The first kappa shape index (κ1) is 18.1. The van der Waals surface area contributed by atoms with E-state index in [0.717, 1.165) is 21.3 Å². The van der Waals surface area contributed by atoms with E-state index in [1.54, 1.807) is 30.5 Å². The van der Waals surface area contributed by atoms with Crippen LogP contribution in [0.5, 0.6) is 5.75 Å². The number of nitrogens with zero attached hydrogens (tertiary/aromatic N) is 3. The van der Waals surface area contributed by atoms with Crippen molar-refractivity contribution in [3.05, 3.63) is 94.4 Å². The first-order valence-corrected chi connectivity index (χ1v) is 9.40. The third kappa shape index (κ3) is 3.46. The molecule has 1 amide bonds. The number of ether oxygens (including phenoxy) is 1. The SMILES string of the molecule is COc1ccccc1C1=N/C(=C/c2ccncc2)C(=O)N1c1ccc(Br)cc1. The zero-order valence-corrected chi connectivity index (χ0v) is 16.6. The van der Waals surface area contributed by atoms with Gasteiger partial charge in [0.15, 0.2) is 5.84 Å². The van der Waals surface area contributed by atoms with Gasteiger partial charge in [-0.1, -0.05) is 28.1 Å². The van der Waals surface area contributed by atoms with E-state index in [9.17, 15) is 4.79 Å². The van der Waals surface area contributed by atoms with Gasteiger partial charge in [0, 0.05) is 16.9 Å². The predicted molar refractivity (Wildman–Crippen MR) is 113 cm³/mol. The number of para-hydroxylation sites is 1. The zero-order chi connectivity index (χ0) is 19.5. The molecule has 0 fully saturated rings. The molecule has 6 heteroatoms. The molecule has 2 aromatic carbocycles. The van der Waals surface area contributed by atoms with E-state index < -0.39 is 0 Å². The van der Waals surface area contributed by atoms with Gasteiger partial charge in [0.05, 0.1) is 18.4 Å². The second-order valence-corrected chi connectivity index (χ2v) is 6.98. The lowest BCUT2D eigenvalue weighted by Crippen LogP contribution is -2.32. The molecule has 0 spiro atoms. The van der Waals surface area contributed by atoms with Crippen LogP contribution in [0.1, 0.15) is 11.1 Å². The molecule has 3 aromatic rings. The maximum Gasteiger partial charge on any atom is 0.282 e. The molecule has 0 radical (unpaired) electrons. The van der Waals surface area contributed by atoms with Gasteiger partial charge < -0.3 is 4.74 Å². The smallest absolute Gasteiger partial charge is 0.282 e. The number of carbonyl (C=O) groups excluding carboxylic acids is 1. The minimum absolute atomic E-state index is 0.194. The predicted octanol–water partition coefficient (Wildman–Crippen LogP) is 4.69. The molecule has 0 N–H and O–H groups in total. The Kier molecular flexibility index (Phi) is 5.04. The van der Waals surface area contributed by atoms with Crippen LogP contribution in [0.25, 0.3) is 6.08 Å². The van der Waals surface area contributed by atoms with Gasteiger partial charge in [-0.05, 0) is 60.2 Å². The van der Waals surface area contributed by atoms with Crippen LogP contribution < -0.4 is 9.64 Å². The average molecular weight is 434 g/mol. The molecule has 0 saturated heterocycles. The van der Waals surface area contributed by atoms with Crippen LogP contribution in [0.3, 0.4) is 0 Å². The fourth-order valence-corrected chi connectivity index (χ4v) is 3.24. The molecule has 1 aromatic heterocycles. The van der Waals surface area contributed by atoms with Crippen LogP contribution >= 0.6 is 15.9 Å². The third-order valence-corrected chi connectivity index (χ3v) is 4.83. The van der Waals surface area contributed by atoms with Crippen LogP contribution in [0.2, 0.25) is 0 Å². The minimum Gasteiger partial charge on any atom is -0.496 e. The average Bonchev–Trinajstić information content (AvgIpc) is 3.05. The fourth-order valence-electron chi connectivity index (χ4n) is 2.97. The highest BCUT2D eigenvalue weighted by Gasteiger charge is 2.33. The van der Waals surface area contributed by atoms with Crippen molar-refractivity contribution in [1.82, 2.24) is 4.98 Å². The monoisotopic (exact) mass is 433 g/mol. The molecule has 0 atom stereocenters. The quantitative estimate of drug-likeness (QED) is 0.560. The lowest BCUT2D eigenvalue weighted by atomic mass is 10.1. The topological polar surface area (TPSA) is 54.8 Å². The lowest BCUT2D eigenvalue weighted by Gasteiger charge is -2.20. The number of halogens is 1. The highest BCUT2D eigenvalue weighted by atomic mass is 79.9. The van der Waals surface area contributed by atoms with E-state index >= 15 is 0 Å². The molecule has 5 nitrogen and oxygen atoms in total. The van der Waals surface area contributed by atoms with E-state index in [4.69, 9.17) is 4.74 Å². The van der Waals surface area contributed by atoms with E-state index in [1.165, 1.54) is 0 Å². The second-order valence-electron chi connectivity index (χ2n) is 6.06. The van der Waals surface area contributed by atoms with Crippen molar-refractivity contribution in [3.8, 4) is 5.75 Å². The molecule has 0 aliphatic carbocycles. The highest BCUT2D eigenvalue weighted by Crippen LogP contribution is 2.31. The number of amidine groups is 1. The highest BCUT2D eigenvalue weighted by molar-refractivity contribution is 9.10. The first-order chi connectivity index (χ1) is 13.7. The Balaban J connectivity index is 1.86. The molecule has 2 heterocycles. The summed E-state index contributed by atoms with van der Waals surface area (Å²) in [7, 11) is 1.61. The van der Waals surface area contributed by atoms with Gasteiger partial charge in [0.25, 0.3) is 5.91 Å². The number of hydrogen-bond donors (Lipinski definition) is 0. The molecule has 0 saturated carbocycles. The largest absolute Gasteiger partial charge is 0.496 e. The summed E-state index contributed by atoms with van der Waals surface area (Å²) in [5.41, 5.74) is 2.70. The molecule has 0 bridgehead atoms. The lowest BCUT2D eigenvalue weighted by molar-refractivity contribution is -0.113. The number of methoxy groups -OCH3 is 1. The Morgan fingerprint density at radius 2 is 1.71 bits per heavy atom. The van der Waals surface area contributed by atoms with E-state index in [-0.39, 0.29) is 5.91 Å². The van der Waals surface area contributed by atoms with Crippen LogP contribution in [-0.2, 0) is 4.79 Å². The van der Waals surface area contributed by atoms with Gasteiger partial charge in [-0.2, -0.15) is 0 Å². The second kappa shape index (κ2) is 7.78. The Bertz CT molecular complexity index is 1080. The Labute approximate surface area is 171 Å². The van der Waals surface area contributed by atoms with Crippen LogP contribution in [0.4, 0.5) is 5.69 Å². The zero-order valence-electron chi connectivity index (χ0n) is 15.0. The number of carbonyl (C=O) groups is 1. The van der Waals surface area contributed by atoms with Crippen molar-refractivity contribution in [2.75, 3.05) is 12.0 Å². The number of aliphatic imine (C=N–C) groups is 1. The van der Waals surface area contributed by atoms with E-state index in [1.807, 2.05) is 60.7 Å². The van der Waals surface area contributed by atoms with Crippen LogP contribution in [0, 0.1) is 0 Å². The first-order valence-electron chi connectivity index (χ1n) is 8.61. The van der Waals surface area contributed by atoms with Crippen LogP contribution in [0.15, 0.2) is 88.2 Å². The molecule has 138 valence electrons. The number of aromatic nitrogens is 1. The van der Waals surface area contributed by atoms with Gasteiger partial charge in [0.1, 0.15) is 11.4 Å². The van der Waals surface area contributed by atoms with Gasteiger partial charge in [-0.25, -0.2) is 4.99 Å². The minimum atomic E-state index is -0.194. The molecule has 1 aliphatic rings. The summed E-state index contributed by atoms with van der Waals surface area (Å²) < 4.78 is 6.43. The number of rotatable bonds is 4. The van der Waals surface area contributed by atoms with Gasteiger partial charge in [-0.3, -0.25) is 14.7 Å². The number of hydrogen-bond acceptors (Lipinski definition) is 4. The maximum absolute atomic E-state index is 13.3. The standard InChI is InChI=1S/C22H16BrN3O2/c1-28-20-5-3-2-4-18(20)21-25-19(14-15-10-12-24-13-11-15)22(27)26(21)17-8-6-16(23)7-9-17/h2-14H,1H3/b19-14+. The fraction of sp³-hybridized carbons (Fsp3) is 0.0455. The molecule has 28 heavy (non-hydrogen) atoms. The number of anilines is 1. The molecule has 1 aliphatic heterocycles. The van der Waals surface area contributed by atoms with Crippen molar-refractivity contribution < 1.29 is 9.53 Å². The summed E-state index contributed by atoms with van der Waals surface area (Å²) in [6.07, 6.45) is 5.13. The van der Waals surface area contributed by atoms with Gasteiger partial charge >= 0.3 is 0 Å². The van der Waals surface area contributed by atoms with Crippen LogP contribution in [-0.4, -0.2) is 23.8 Å².